The van der Waals surface area contributed by atoms with Crippen LogP contribution in [0.1, 0.15) is 46.0 Å². The molecular weight excluding hydrogens is 339 g/mol. The van der Waals surface area contributed by atoms with Gasteiger partial charge in [0.2, 0.25) is 0 Å². The molecule has 0 radical (unpaired) electrons. The Kier molecular flexibility index (Phi) is 5.29. The van der Waals surface area contributed by atoms with Crippen LogP contribution < -0.4 is 16.0 Å². The molecule has 0 saturated heterocycles. The van der Waals surface area contributed by atoms with Gasteiger partial charge in [-0.3, -0.25) is 5.32 Å². The first kappa shape index (κ1) is 14.1. The van der Waals surface area contributed by atoms with Crippen LogP contribution in [0.2, 0.25) is 0 Å². The Morgan fingerprint density at radius 2 is 2.06 bits per heavy atom. The van der Waals surface area contributed by atoms with Gasteiger partial charge in [0.25, 0.3) is 0 Å². The Balaban J connectivity index is 2.02. The number of hydrogen-bond donors (Lipinski definition) is 3. The van der Waals surface area contributed by atoms with Crippen LogP contribution in [0.15, 0.2) is 14.3 Å². The van der Waals surface area contributed by atoms with E-state index >= 15 is 0 Å². The lowest BCUT2D eigenvalue weighted by Gasteiger charge is -2.29. The van der Waals surface area contributed by atoms with Crippen LogP contribution >= 0.6 is 22.6 Å². The normalized spacial score (nSPS) is 25.7. The molecule has 3 N–H and O–H groups in total. The summed E-state index contributed by atoms with van der Waals surface area (Å²) in [5.74, 6) is 1.06. The number of aliphatic imine (C=N–C) groups is 1. The third kappa shape index (κ3) is 3.60. The summed E-state index contributed by atoms with van der Waals surface area (Å²) in [5.41, 5.74) is 1.20. The highest BCUT2D eigenvalue weighted by Crippen LogP contribution is 2.21. The van der Waals surface area contributed by atoms with E-state index in [1.54, 1.807) is 0 Å². The molecule has 1 aliphatic carbocycles. The number of nitrogens with one attached hydrogen (secondary N) is 3. The molecule has 0 aromatic heterocycles. The minimum Gasteiger partial charge on any atom is -0.367 e. The SMILES string of the molecule is CCNC1N=C(NC2CCCCC2)C(I)=C(C)N1. The summed E-state index contributed by atoms with van der Waals surface area (Å²) >= 11 is 2.38. The first-order valence-electron chi connectivity index (χ1n) is 6.91. The lowest BCUT2D eigenvalue weighted by atomic mass is 9.95. The van der Waals surface area contributed by atoms with Crippen molar-refractivity contribution in [1.29, 1.82) is 0 Å². The molecule has 0 amide bonds. The van der Waals surface area contributed by atoms with Gasteiger partial charge in [-0.2, -0.15) is 0 Å². The highest BCUT2D eigenvalue weighted by Gasteiger charge is 2.21. The van der Waals surface area contributed by atoms with E-state index in [1.165, 1.54) is 41.4 Å². The topological polar surface area (TPSA) is 48.5 Å². The molecule has 102 valence electrons. The third-order valence-corrected chi connectivity index (χ3v) is 4.81. The summed E-state index contributed by atoms with van der Waals surface area (Å²) in [5, 5.41) is 10.3. The van der Waals surface area contributed by atoms with Crippen LogP contribution in [0.5, 0.6) is 0 Å². The van der Waals surface area contributed by atoms with Crippen molar-refractivity contribution >= 4 is 28.4 Å². The summed E-state index contributed by atoms with van der Waals surface area (Å²) in [6.07, 6.45) is 6.65. The maximum Gasteiger partial charge on any atom is 0.175 e. The Bertz CT molecular complexity index is 345. The van der Waals surface area contributed by atoms with Crippen LogP contribution in [0, 0.1) is 0 Å². The van der Waals surface area contributed by atoms with Gasteiger partial charge in [-0.1, -0.05) is 26.2 Å². The van der Waals surface area contributed by atoms with Gasteiger partial charge in [0.15, 0.2) is 6.29 Å². The van der Waals surface area contributed by atoms with Crippen molar-refractivity contribution in [2.45, 2.75) is 58.3 Å². The highest BCUT2D eigenvalue weighted by molar-refractivity contribution is 14.1. The molecule has 1 fully saturated rings. The monoisotopic (exact) mass is 362 g/mol. The Labute approximate surface area is 123 Å². The zero-order chi connectivity index (χ0) is 13.0. The molecular formula is C13H23IN4. The summed E-state index contributed by atoms with van der Waals surface area (Å²) < 4.78 is 1.22. The van der Waals surface area contributed by atoms with Crippen molar-refractivity contribution in [3.8, 4) is 0 Å². The highest BCUT2D eigenvalue weighted by atomic mass is 127. The number of hydrogen-bond acceptors (Lipinski definition) is 4. The molecule has 5 heteroatoms. The minimum absolute atomic E-state index is 0.0135. The van der Waals surface area contributed by atoms with E-state index in [-0.39, 0.29) is 6.29 Å². The average Bonchev–Trinajstić information content (AvgIpc) is 2.37. The van der Waals surface area contributed by atoms with Gasteiger partial charge in [-0.25, -0.2) is 4.99 Å². The summed E-state index contributed by atoms with van der Waals surface area (Å²) in [6, 6.07) is 0.607. The third-order valence-electron chi connectivity index (χ3n) is 3.49. The molecule has 0 bridgehead atoms. The van der Waals surface area contributed by atoms with Crippen LogP contribution in [-0.4, -0.2) is 24.7 Å². The fourth-order valence-corrected chi connectivity index (χ4v) is 2.95. The van der Waals surface area contributed by atoms with Crippen LogP contribution in [0.3, 0.4) is 0 Å². The molecule has 1 saturated carbocycles. The maximum absolute atomic E-state index is 4.72. The summed E-state index contributed by atoms with van der Waals surface area (Å²) in [6.45, 7) is 5.13. The predicted octanol–water partition coefficient (Wildman–Crippen LogP) is 2.47. The molecule has 4 nitrogen and oxygen atoms in total. The molecule has 0 aromatic rings. The maximum atomic E-state index is 4.72. The second kappa shape index (κ2) is 6.75. The molecule has 0 aromatic carbocycles. The van der Waals surface area contributed by atoms with Crippen LogP contribution in [-0.2, 0) is 0 Å². The van der Waals surface area contributed by atoms with E-state index in [1.807, 2.05) is 0 Å². The largest absolute Gasteiger partial charge is 0.367 e. The smallest absolute Gasteiger partial charge is 0.175 e. The van der Waals surface area contributed by atoms with Gasteiger partial charge >= 0.3 is 0 Å². The zero-order valence-electron chi connectivity index (χ0n) is 11.2. The van der Waals surface area contributed by atoms with Gasteiger partial charge in [0, 0.05) is 11.7 Å². The lowest BCUT2D eigenvalue weighted by molar-refractivity contribution is 0.409. The van der Waals surface area contributed by atoms with E-state index in [0.29, 0.717) is 6.04 Å². The molecule has 2 aliphatic rings. The number of rotatable bonds is 3. The average molecular weight is 362 g/mol. The molecule has 2 rings (SSSR count). The molecule has 18 heavy (non-hydrogen) atoms. The standard InChI is InChI=1S/C13H23IN4/c1-3-15-13-16-9(2)11(14)12(18-13)17-10-7-5-4-6-8-10/h10,13,15-16H,3-8H2,1-2H3,(H,17,18). The number of halogens is 1. The number of allylic oxidation sites excluding steroid dienone is 1. The first-order valence-corrected chi connectivity index (χ1v) is 7.99. The fraction of sp³-hybridized carbons (Fsp3) is 0.769. The minimum atomic E-state index is 0.0135. The quantitative estimate of drug-likeness (QED) is 0.676. The molecule has 0 spiro atoms. The van der Waals surface area contributed by atoms with E-state index in [9.17, 15) is 0 Å². The molecule has 1 atom stereocenters. The summed E-state index contributed by atoms with van der Waals surface area (Å²) in [4.78, 5) is 4.72. The van der Waals surface area contributed by atoms with Crippen molar-refractivity contribution < 1.29 is 0 Å². The van der Waals surface area contributed by atoms with Gasteiger partial charge in [-0.15, -0.1) is 0 Å². The molecule has 1 aliphatic heterocycles. The van der Waals surface area contributed by atoms with Crippen LogP contribution in [0.4, 0.5) is 0 Å². The Morgan fingerprint density at radius 3 is 2.72 bits per heavy atom. The van der Waals surface area contributed by atoms with Gasteiger partial charge in [-0.05, 0) is 48.9 Å². The van der Waals surface area contributed by atoms with Crippen LogP contribution in [0.25, 0.3) is 0 Å². The van der Waals surface area contributed by atoms with Crippen molar-refractivity contribution in [3.63, 3.8) is 0 Å². The van der Waals surface area contributed by atoms with Gasteiger partial charge < -0.3 is 10.6 Å². The lowest BCUT2D eigenvalue weighted by Crippen LogP contribution is -2.47. The van der Waals surface area contributed by atoms with Crippen molar-refractivity contribution in [2.24, 2.45) is 4.99 Å². The van der Waals surface area contributed by atoms with Gasteiger partial charge in [0.05, 0.1) is 3.58 Å². The second-order valence-electron chi connectivity index (χ2n) is 5.00. The number of amidine groups is 1. The van der Waals surface area contributed by atoms with Gasteiger partial charge in [0.1, 0.15) is 5.84 Å². The van der Waals surface area contributed by atoms with E-state index in [2.05, 4.69) is 52.4 Å². The predicted molar refractivity (Wildman–Crippen MR) is 84.8 cm³/mol. The van der Waals surface area contributed by atoms with Crippen molar-refractivity contribution in [3.05, 3.63) is 9.28 Å². The Morgan fingerprint density at radius 1 is 1.33 bits per heavy atom. The van der Waals surface area contributed by atoms with E-state index in [4.69, 9.17) is 4.99 Å². The summed E-state index contributed by atoms with van der Waals surface area (Å²) in [7, 11) is 0. The first-order chi connectivity index (χ1) is 8.70. The zero-order valence-corrected chi connectivity index (χ0v) is 13.4. The molecule has 1 heterocycles. The van der Waals surface area contributed by atoms with E-state index < -0.39 is 0 Å². The second-order valence-corrected chi connectivity index (χ2v) is 6.08. The Hall–Kier alpha value is -0.300. The fourth-order valence-electron chi connectivity index (χ4n) is 2.50. The van der Waals surface area contributed by atoms with Crippen molar-refractivity contribution in [2.75, 3.05) is 6.54 Å². The van der Waals surface area contributed by atoms with E-state index in [0.717, 1.165) is 12.4 Å². The van der Waals surface area contributed by atoms with Crippen molar-refractivity contribution in [1.82, 2.24) is 16.0 Å². The number of nitrogens with zero attached hydrogens (tertiary/aromatic N) is 1. The molecule has 1 unspecified atom stereocenters.